The summed E-state index contributed by atoms with van der Waals surface area (Å²) < 4.78 is 1.22. The Morgan fingerprint density at radius 2 is 2.05 bits per heavy atom. The zero-order chi connectivity index (χ0) is 14.3. The van der Waals surface area contributed by atoms with Gasteiger partial charge in [-0.1, -0.05) is 55.3 Å². The highest BCUT2D eigenvalue weighted by molar-refractivity contribution is 9.10. The average Bonchev–Trinajstić information content (AvgIpc) is 2.39. The van der Waals surface area contributed by atoms with Crippen LogP contribution in [0.3, 0.4) is 0 Å². The molecule has 0 bridgehead atoms. The summed E-state index contributed by atoms with van der Waals surface area (Å²) in [5.41, 5.74) is 2.70. The van der Waals surface area contributed by atoms with Crippen molar-refractivity contribution in [2.24, 2.45) is 5.92 Å². The molecule has 0 heterocycles. The van der Waals surface area contributed by atoms with E-state index in [0.717, 1.165) is 32.1 Å². The SMILES string of the molecule is CCNCc1ccc(CN(C)CC(C)CC)c(Br)c1. The normalized spacial score (nSPS) is 12.9. The molecule has 108 valence electrons. The van der Waals surface area contributed by atoms with Crippen molar-refractivity contribution in [3.05, 3.63) is 33.8 Å². The van der Waals surface area contributed by atoms with Crippen molar-refractivity contribution in [1.82, 2.24) is 10.2 Å². The molecule has 1 aromatic rings. The van der Waals surface area contributed by atoms with Crippen LogP contribution in [0.4, 0.5) is 0 Å². The lowest BCUT2D eigenvalue weighted by atomic mass is 10.1. The molecule has 0 amide bonds. The van der Waals surface area contributed by atoms with Gasteiger partial charge in [-0.3, -0.25) is 0 Å². The van der Waals surface area contributed by atoms with Crippen molar-refractivity contribution in [3.8, 4) is 0 Å². The lowest BCUT2D eigenvalue weighted by Gasteiger charge is -2.21. The Morgan fingerprint density at radius 3 is 2.63 bits per heavy atom. The molecule has 1 atom stereocenters. The summed E-state index contributed by atoms with van der Waals surface area (Å²) in [7, 11) is 2.20. The van der Waals surface area contributed by atoms with Crippen LogP contribution in [0.5, 0.6) is 0 Å². The fourth-order valence-corrected chi connectivity index (χ4v) is 2.67. The highest BCUT2D eigenvalue weighted by atomic mass is 79.9. The lowest BCUT2D eigenvalue weighted by Crippen LogP contribution is -2.24. The monoisotopic (exact) mass is 326 g/mol. The van der Waals surface area contributed by atoms with Gasteiger partial charge in [0.15, 0.2) is 0 Å². The van der Waals surface area contributed by atoms with E-state index in [1.165, 1.54) is 22.0 Å². The van der Waals surface area contributed by atoms with Crippen molar-refractivity contribution in [1.29, 1.82) is 0 Å². The Kier molecular flexibility index (Phi) is 7.66. The quantitative estimate of drug-likeness (QED) is 0.775. The van der Waals surface area contributed by atoms with E-state index >= 15 is 0 Å². The minimum Gasteiger partial charge on any atom is -0.313 e. The zero-order valence-electron chi connectivity index (χ0n) is 12.7. The molecule has 0 aliphatic heterocycles. The van der Waals surface area contributed by atoms with Crippen LogP contribution in [0, 0.1) is 5.92 Å². The van der Waals surface area contributed by atoms with E-state index in [1.54, 1.807) is 0 Å². The van der Waals surface area contributed by atoms with E-state index in [2.05, 4.69) is 72.2 Å². The summed E-state index contributed by atoms with van der Waals surface area (Å²) >= 11 is 3.70. The summed E-state index contributed by atoms with van der Waals surface area (Å²) in [6.07, 6.45) is 1.24. The Hall–Kier alpha value is -0.380. The molecular formula is C16H27BrN2. The van der Waals surface area contributed by atoms with Gasteiger partial charge in [-0.15, -0.1) is 0 Å². The molecule has 2 nitrogen and oxygen atoms in total. The molecular weight excluding hydrogens is 300 g/mol. The van der Waals surface area contributed by atoms with Gasteiger partial charge in [0, 0.05) is 24.1 Å². The van der Waals surface area contributed by atoms with Crippen LogP contribution in [-0.4, -0.2) is 25.0 Å². The van der Waals surface area contributed by atoms with Crippen LogP contribution in [0.1, 0.15) is 38.3 Å². The van der Waals surface area contributed by atoms with Gasteiger partial charge in [-0.2, -0.15) is 0 Å². The molecule has 0 saturated carbocycles. The largest absolute Gasteiger partial charge is 0.313 e. The lowest BCUT2D eigenvalue weighted by molar-refractivity contribution is 0.275. The van der Waals surface area contributed by atoms with Crippen molar-refractivity contribution >= 4 is 15.9 Å². The van der Waals surface area contributed by atoms with E-state index < -0.39 is 0 Å². The van der Waals surface area contributed by atoms with Gasteiger partial charge < -0.3 is 10.2 Å². The van der Waals surface area contributed by atoms with Crippen molar-refractivity contribution < 1.29 is 0 Å². The maximum absolute atomic E-state index is 3.70. The Labute approximate surface area is 126 Å². The van der Waals surface area contributed by atoms with Gasteiger partial charge in [-0.05, 0) is 36.7 Å². The summed E-state index contributed by atoms with van der Waals surface area (Å²) in [6.45, 7) is 10.8. The van der Waals surface area contributed by atoms with E-state index in [1.807, 2.05) is 0 Å². The first-order chi connectivity index (χ1) is 9.06. The smallest absolute Gasteiger partial charge is 0.0242 e. The van der Waals surface area contributed by atoms with E-state index in [-0.39, 0.29) is 0 Å². The van der Waals surface area contributed by atoms with E-state index in [4.69, 9.17) is 0 Å². The molecule has 0 aromatic heterocycles. The zero-order valence-corrected chi connectivity index (χ0v) is 14.3. The molecule has 0 fully saturated rings. The van der Waals surface area contributed by atoms with Gasteiger partial charge in [0.2, 0.25) is 0 Å². The van der Waals surface area contributed by atoms with Crippen LogP contribution in [0.2, 0.25) is 0 Å². The number of nitrogens with zero attached hydrogens (tertiary/aromatic N) is 1. The number of hydrogen-bond donors (Lipinski definition) is 1. The standard InChI is InChI=1S/C16H27BrN2/c1-5-13(3)11-19(4)12-15-8-7-14(9-16(15)17)10-18-6-2/h7-9,13,18H,5-6,10-12H2,1-4H3. The third-order valence-electron chi connectivity index (χ3n) is 3.46. The molecule has 0 aliphatic rings. The van der Waals surface area contributed by atoms with Gasteiger partial charge in [0.1, 0.15) is 0 Å². The first-order valence-corrected chi connectivity index (χ1v) is 8.02. The molecule has 1 rings (SSSR count). The molecule has 0 radical (unpaired) electrons. The van der Waals surface area contributed by atoms with Crippen molar-refractivity contribution in [3.63, 3.8) is 0 Å². The summed E-state index contributed by atoms with van der Waals surface area (Å²) in [6, 6.07) is 6.69. The molecule has 3 heteroatoms. The second kappa shape index (κ2) is 8.72. The predicted octanol–water partition coefficient (Wildman–Crippen LogP) is 4.04. The highest BCUT2D eigenvalue weighted by Gasteiger charge is 2.08. The van der Waals surface area contributed by atoms with Gasteiger partial charge in [0.25, 0.3) is 0 Å². The van der Waals surface area contributed by atoms with Crippen LogP contribution in [0.15, 0.2) is 22.7 Å². The van der Waals surface area contributed by atoms with Crippen LogP contribution >= 0.6 is 15.9 Å². The maximum Gasteiger partial charge on any atom is 0.0242 e. The summed E-state index contributed by atoms with van der Waals surface area (Å²) in [5, 5.41) is 3.35. The van der Waals surface area contributed by atoms with E-state index in [0.29, 0.717) is 0 Å². The summed E-state index contributed by atoms with van der Waals surface area (Å²) in [5.74, 6) is 0.761. The Balaban J connectivity index is 2.59. The van der Waals surface area contributed by atoms with Crippen molar-refractivity contribution in [2.75, 3.05) is 20.1 Å². The number of hydrogen-bond acceptors (Lipinski definition) is 2. The topological polar surface area (TPSA) is 15.3 Å². The first kappa shape index (κ1) is 16.7. The van der Waals surface area contributed by atoms with Crippen molar-refractivity contribution in [2.45, 2.75) is 40.3 Å². The van der Waals surface area contributed by atoms with E-state index in [9.17, 15) is 0 Å². The minimum absolute atomic E-state index is 0.761. The van der Waals surface area contributed by atoms with Gasteiger partial charge in [0.05, 0.1) is 0 Å². The molecule has 19 heavy (non-hydrogen) atoms. The number of halogens is 1. The third kappa shape index (κ3) is 6.07. The van der Waals surface area contributed by atoms with Gasteiger partial charge >= 0.3 is 0 Å². The Bertz CT molecular complexity index is 379. The minimum atomic E-state index is 0.761. The third-order valence-corrected chi connectivity index (χ3v) is 4.20. The number of rotatable bonds is 8. The Morgan fingerprint density at radius 1 is 1.32 bits per heavy atom. The second-order valence-electron chi connectivity index (χ2n) is 5.42. The first-order valence-electron chi connectivity index (χ1n) is 7.23. The number of benzene rings is 1. The highest BCUT2D eigenvalue weighted by Crippen LogP contribution is 2.20. The summed E-state index contributed by atoms with van der Waals surface area (Å²) in [4.78, 5) is 2.40. The second-order valence-corrected chi connectivity index (χ2v) is 6.27. The maximum atomic E-state index is 3.70. The number of nitrogens with one attached hydrogen (secondary N) is 1. The molecule has 1 unspecified atom stereocenters. The fourth-order valence-electron chi connectivity index (χ4n) is 2.11. The molecule has 0 aliphatic carbocycles. The fraction of sp³-hybridized carbons (Fsp3) is 0.625. The average molecular weight is 327 g/mol. The van der Waals surface area contributed by atoms with Crippen LogP contribution < -0.4 is 5.32 Å². The molecule has 1 aromatic carbocycles. The van der Waals surface area contributed by atoms with Gasteiger partial charge in [-0.25, -0.2) is 0 Å². The molecule has 0 saturated heterocycles. The predicted molar refractivity (Wildman–Crippen MR) is 87.3 cm³/mol. The molecule has 0 spiro atoms. The van der Waals surface area contributed by atoms with Crippen LogP contribution in [-0.2, 0) is 13.1 Å². The van der Waals surface area contributed by atoms with Crippen LogP contribution in [0.25, 0.3) is 0 Å². The molecule has 1 N–H and O–H groups in total.